The highest BCUT2D eigenvalue weighted by atomic mass is 35.5. The third-order valence-electron chi connectivity index (χ3n) is 3.86. The molecule has 0 radical (unpaired) electrons. The molecule has 0 atom stereocenters. The molecule has 1 aromatic heterocycles. The molecule has 3 rings (SSSR count). The molecule has 22 heavy (non-hydrogen) atoms. The normalized spacial score (nSPS) is 14.2. The van der Waals surface area contributed by atoms with Crippen LogP contribution in [0.25, 0.3) is 11.3 Å². The number of nitro groups is 1. The van der Waals surface area contributed by atoms with Crippen molar-refractivity contribution in [1.82, 2.24) is 15.1 Å². The van der Waals surface area contributed by atoms with Gasteiger partial charge in [0.25, 0.3) is 5.69 Å². The van der Waals surface area contributed by atoms with Gasteiger partial charge in [0.1, 0.15) is 0 Å². The van der Waals surface area contributed by atoms with E-state index >= 15 is 0 Å². The van der Waals surface area contributed by atoms with Crippen LogP contribution in [0.2, 0.25) is 5.02 Å². The molecule has 116 valence electrons. The Balaban J connectivity index is 2.20. The molecule has 2 aromatic rings. The predicted octanol–water partition coefficient (Wildman–Crippen LogP) is 3.34. The molecule has 6 nitrogen and oxygen atoms in total. The maximum Gasteiger partial charge on any atom is 0.270 e. The number of fused-ring (bicyclic) bond motifs is 1. The molecule has 0 bridgehead atoms. The molecule has 0 fully saturated rings. The molecular formula is C15H17ClN4O2. The third kappa shape index (κ3) is 2.48. The number of halogens is 1. The second-order valence-electron chi connectivity index (χ2n) is 5.66. The Bertz CT molecular complexity index is 739. The zero-order chi connectivity index (χ0) is 15.9. The summed E-state index contributed by atoms with van der Waals surface area (Å²) in [5.74, 6) is 0. The third-order valence-corrected chi connectivity index (χ3v) is 4.19. The Labute approximate surface area is 133 Å². The Hall–Kier alpha value is -1.92. The van der Waals surface area contributed by atoms with E-state index in [1.807, 2.05) is 4.68 Å². The Morgan fingerprint density at radius 3 is 2.91 bits per heavy atom. The molecule has 0 saturated heterocycles. The molecule has 1 aliphatic heterocycles. The number of nitrogens with zero attached hydrogens (tertiary/aromatic N) is 3. The van der Waals surface area contributed by atoms with Gasteiger partial charge in [0.2, 0.25) is 0 Å². The molecule has 1 aromatic carbocycles. The first-order valence-electron chi connectivity index (χ1n) is 7.24. The first-order valence-corrected chi connectivity index (χ1v) is 7.62. The van der Waals surface area contributed by atoms with Crippen molar-refractivity contribution in [2.24, 2.45) is 0 Å². The fourth-order valence-corrected chi connectivity index (χ4v) is 3.03. The summed E-state index contributed by atoms with van der Waals surface area (Å²) >= 11 is 6.27. The predicted molar refractivity (Wildman–Crippen MR) is 85.1 cm³/mol. The highest BCUT2D eigenvalue weighted by Gasteiger charge is 2.25. The lowest BCUT2D eigenvalue weighted by Gasteiger charge is -2.17. The minimum absolute atomic E-state index is 0.0241. The fourth-order valence-electron chi connectivity index (χ4n) is 2.83. The molecule has 1 N–H and O–H groups in total. The second kappa shape index (κ2) is 5.70. The van der Waals surface area contributed by atoms with Crippen LogP contribution in [0.1, 0.15) is 31.1 Å². The quantitative estimate of drug-likeness (QED) is 0.695. The van der Waals surface area contributed by atoms with Gasteiger partial charge in [0.05, 0.1) is 15.6 Å². The van der Waals surface area contributed by atoms with Crippen molar-refractivity contribution in [3.8, 4) is 11.3 Å². The minimum atomic E-state index is -0.413. The van der Waals surface area contributed by atoms with Crippen LogP contribution in [0, 0.1) is 10.1 Å². The number of aromatic nitrogens is 2. The van der Waals surface area contributed by atoms with E-state index in [0.29, 0.717) is 17.1 Å². The van der Waals surface area contributed by atoms with Gasteiger partial charge in [-0.3, -0.25) is 14.8 Å². The summed E-state index contributed by atoms with van der Waals surface area (Å²) in [6.07, 6.45) is 0.896. The molecule has 0 saturated carbocycles. The van der Waals surface area contributed by atoms with Crippen molar-refractivity contribution >= 4 is 17.3 Å². The van der Waals surface area contributed by atoms with Gasteiger partial charge in [-0.1, -0.05) is 11.6 Å². The zero-order valence-corrected chi connectivity index (χ0v) is 13.2. The number of hydrogen-bond acceptors (Lipinski definition) is 4. The Kier molecular flexibility index (Phi) is 3.88. The summed E-state index contributed by atoms with van der Waals surface area (Å²) < 4.78 is 2.00. The molecule has 0 aliphatic carbocycles. The van der Waals surface area contributed by atoms with Gasteiger partial charge < -0.3 is 5.32 Å². The number of hydrogen-bond donors (Lipinski definition) is 1. The van der Waals surface area contributed by atoms with E-state index in [4.69, 9.17) is 16.7 Å². The van der Waals surface area contributed by atoms with Crippen LogP contribution in [0.5, 0.6) is 0 Å². The van der Waals surface area contributed by atoms with Gasteiger partial charge in [-0.05, 0) is 19.9 Å². The summed E-state index contributed by atoms with van der Waals surface area (Å²) in [6.45, 7) is 5.77. The van der Waals surface area contributed by atoms with E-state index in [1.165, 1.54) is 17.8 Å². The monoisotopic (exact) mass is 320 g/mol. The summed E-state index contributed by atoms with van der Waals surface area (Å²) in [7, 11) is 0. The van der Waals surface area contributed by atoms with Gasteiger partial charge in [0.15, 0.2) is 0 Å². The summed E-state index contributed by atoms with van der Waals surface area (Å²) in [6, 6.07) is 4.71. The van der Waals surface area contributed by atoms with Crippen molar-refractivity contribution in [1.29, 1.82) is 0 Å². The van der Waals surface area contributed by atoms with Gasteiger partial charge >= 0.3 is 0 Å². The van der Waals surface area contributed by atoms with Crippen molar-refractivity contribution in [3.05, 3.63) is 44.6 Å². The Morgan fingerprint density at radius 2 is 2.23 bits per heavy atom. The van der Waals surface area contributed by atoms with Gasteiger partial charge in [-0.25, -0.2) is 0 Å². The summed E-state index contributed by atoms with van der Waals surface area (Å²) in [5.41, 5.74) is 3.66. The number of rotatable bonds is 3. The van der Waals surface area contributed by atoms with E-state index in [9.17, 15) is 10.1 Å². The first kappa shape index (κ1) is 15.0. The largest absolute Gasteiger partial charge is 0.312 e. The number of nitro benzene ring substituents is 1. The summed E-state index contributed by atoms with van der Waals surface area (Å²) in [4.78, 5) is 10.6. The van der Waals surface area contributed by atoms with Gasteiger partial charge in [-0.2, -0.15) is 5.10 Å². The fraction of sp³-hybridized carbons (Fsp3) is 0.400. The van der Waals surface area contributed by atoms with Gasteiger partial charge in [-0.15, -0.1) is 0 Å². The zero-order valence-electron chi connectivity index (χ0n) is 12.5. The second-order valence-corrected chi connectivity index (χ2v) is 6.07. The lowest BCUT2D eigenvalue weighted by atomic mass is 10.0. The maximum atomic E-state index is 11.0. The molecule has 0 unspecified atom stereocenters. The average molecular weight is 321 g/mol. The number of nitrogens with one attached hydrogen (secondary N) is 1. The molecule has 0 spiro atoms. The average Bonchev–Trinajstić information content (AvgIpc) is 2.87. The van der Waals surface area contributed by atoms with Crippen LogP contribution in [0.15, 0.2) is 18.2 Å². The van der Waals surface area contributed by atoms with Crippen LogP contribution in [-0.2, 0) is 13.0 Å². The van der Waals surface area contributed by atoms with E-state index in [1.54, 1.807) is 6.07 Å². The highest BCUT2D eigenvalue weighted by Crippen LogP contribution is 2.35. The van der Waals surface area contributed by atoms with Crippen LogP contribution < -0.4 is 5.32 Å². The molecular weight excluding hydrogens is 304 g/mol. The van der Waals surface area contributed by atoms with Crippen molar-refractivity contribution in [3.63, 3.8) is 0 Å². The topological polar surface area (TPSA) is 73.0 Å². The standard InChI is InChI=1S/C15H17ClN4O2/c1-9(2)19-14-5-6-17-8-12(14)15(18-19)11-7-10(20(21)22)3-4-13(11)16/h3-4,7,9,17H,5-6,8H2,1-2H3. The van der Waals surface area contributed by atoms with E-state index in [0.717, 1.165) is 24.2 Å². The van der Waals surface area contributed by atoms with E-state index in [-0.39, 0.29) is 11.7 Å². The minimum Gasteiger partial charge on any atom is -0.312 e. The Morgan fingerprint density at radius 1 is 1.45 bits per heavy atom. The van der Waals surface area contributed by atoms with Gasteiger partial charge in [0, 0.05) is 54.5 Å². The molecule has 1 aliphatic rings. The molecule has 0 amide bonds. The van der Waals surface area contributed by atoms with Crippen molar-refractivity contribution in [2.75, 3.05) is 6.54 Å². The van der Waals surface area contributed by atoms with Crippen LogP contribution >= 0.6 is 11.6 Å². The lowest BCUT2D eigenvalue weighted by Crippen LogP contribution is -2.25. The first-order chi connectivity index (χ1) is 10.5. The van der Waals surface area contributed by atoms with Crippen LogP contribution in [-0.4, -0.2) is 21.2 Å². The van der Waals surface area contributed by atoms with Crippen LogP contribution in [0.3, 0.4) is 0 Å². The van der Waals surface area contributed by atoms with E-state index in [2.05, 4.69) is 19.2 Å². The summed E-state index contributed by atoms with van der Waals surface area (Å²) in [5, 5.41) is 19.5. The highest BCUT2D eigenvalue weighted by molar-refractivity contribution is 6.33. The van der Waals surface area contributed by atoms with Crippen molar-refractivity contribution in [2.45, 2.75) is 32.9 Å². The number of non-ortho nitro benzene ring substituents is 1. The number of benzene rings is 1. The molecule has 7 heteroatoms. The van der Waals surface area contributed by atoms with Crippen molar-refractivity contribution < 1.29 is 4.92 Å². The van der Waals surface area contributed by atoms with E-state index < -0.39 is 4.92 Å². The maximum absolute atomic E-state index is 11.0. The SMILES string of the molecule is CC(C)n1nc(-c2cc([N+](=O)[O-])ccc2Cl)c2c1CCNC2. The van der Waals surface area contributed by atoms with Crippen LogP contribution in [0.4, 0.5) is 5.69 Å². The smallest absolute Gasteiger partial charge is 0.270 e. The molecule has 2 heterocycles. The lowest BCUT2D eigenvalue weighted by molar-refractivity contribution is -0.384.